The molecule has 0 aliphatic rings. The molecule has 0 bridgehead atoms. The molecule has 3 aromatic rings. The zero-order valence-electron chi connectivity index (χ0n) is 10.9. The Morgan fingerprint density at radius 2 is 2.16 bits per heavy atom. The molecule has 0 aliphatic carbocycles. The molecule has 3 rings (SSSR count). The molecule has 0 saturated carbocycles. The Bertz CT molecular complexity index is 754. The number of hydrogen-bond donors (Lipinski definition) is 1. The summed E-state index contributed by atoms with van der Waals surface area (Å²) in [6.45, 7) is 4.02. The minimum atomic E-state index is 0.0808. The second-order valence-electron chi connectivity index (χ2n) is 4.54. The van der Waals surface area contributed by atoms with E-state index in [9.17, 15) is 0 Å². The summed E-state index contributed by atoms with van der Waals surface area (Å²) in [5.74, 6) is 0.503. The quantitative estimate of drug-likeness (QED) is 0.790. The van der Waals surface area contributed by atoms with Crippen molar-refractivity contribution in [2.45, 2.75) is 19.9 Å². The second kappa shape index (κ2) is 4.25. The second-order valence-corrected chi connectivity index (χ2v) is 6.29. The summed E-state index contributed by atoms with van der Waals surface area (Å²) in [4.78, 5) is 5.56. The van der Waals surface area contributed by atoms with Crippen molar-refractivity contribution in [3.8, 4) is 0 Å². The van der Waals surface area contributed by atoms with Gasteiger partial charge < -0.3 is 5.73 Å². The van der Waals surface area contributed by atoms with E-state index >= 15 is 0 Å². The number of imidazole rings is 1. The number of halogens is 1. The molecule has 0 aromatic carbocycles. The van der Waals surface area contributed by atoms with Gasteiger partial charge in [0.1, 0.15) is 5.52 Å². The smallest absolute Gasteiger partial charge is 0.203 e. The van der Waals surface area contributed by atoms with Crippen LogP contribution in [0.15, 0.2) is 12.1 Å². The summed E-state index contributed by atoms with van der Waals surface area (Å²) in [6.07, 6.45) is 0. The van der Waals surface area contributed by atoms with Gasteiger partial charge in [-0.15, -0.1) is 11.3 Å². The van der Waals surface area contributed by atoms with E-state index in [0.717, 1.165) is 26.1 Å². The van der Waals surface area contributed by atoms with Crippen molar-refractivity contribution in [1.82, 2.24) is 19.3 Å². The summed E-state index contributed by atoms with van der Waals surface area (Å²) in [6, 6.07) is 4.00. The molecule has 0 aliphatic heterocycles. The lowest BCUT2D eigenvalue weighted by Gasteiger charge is -2.14. The lowest BCUT2D eigenvalue weighted by Crippen LogP contribution is -2.11. The number of nitrogens with zero attached hydrogens (tertiary/aromatic N) is 4. The lowest BCUT2D eigenvalue weighted by molar-refractivity contribution is 0.645. The first-order valence-corrected chi connectivity index (χ1v) is 7.10. The summed E-state index contributed by atoms with van der Waals surface area (Å²) >= 11 is 7.56. The van der Waals surface area contributed by atoms with Crippen molar-refractivity contribution >= 4 is 40.0 Å². The molecule has 3 heterocycles. The van der Waals surface area contributed by atoms with Crippen molar-refractivity contribution < 1.29 is 0 Å². The highest BCUT2D eigenvalue weighted by molar-refractivity contribution is 7.16. The van der Waals surface area contributed by atoms with E-state index in [2.05, 4.69) is 17.0 Å². The van der Waals surface area contributed by atoms with Crippen LogP contribution in [0.25, 0.3) is 11.2 Å². The Kier molecular flexibility index (Phi) is 2.79. The third-order valence-electron chi connectivity index (χ3n) is 3.26. The number of aryl methyl sites for hydroxylation is 2. The van der Waals surface area contributed by atoms with E-state index in [1.807, 2.05) is 35.4 Å². The standard InChI is InChI=1S/C12H14ClN5S/c1-6-10-11(17(3)16-6)18(12(14)15-10)7(2)8-4-5-9(13)19-8/h4-5,7H,1-3H3,(H2,14,15). The minimum absolute atomic E-state index is 0.0808. The molecule has 5 nitrogen and oxygen atoms in total. The van der Waals surface area contributed by atoms with Crippen LogP contribution in [0, 0.1) is 6.92 Å². The fourth-order valence-corrected chi connectivity index (χ4v) is 3.48. The maximum Gasteiger partial charge on any atom is 0.203 e. The first-order chi connectivity index (χ1) is 8.99. The van der Waals surface area contributed by atoms with Crippen LogP contribution >= 0.6 is 22.9 Å². The third-order valence-corrected chi connectivity index (χ3v) is 4.66. The Balaban J connectivity index is 2.21. The molecular weight excluding hydrogens is 282 g/mol. The third kappa shape index (κ3) is 1.82. The van der Waals surface area contributed by atoms with Crippen LogP contribution in [-0.2, 0) is 7.05 Å². The Morgan fingerprint density at radius 1 is 1.42 bits per heavy atom. The van der Waals surface area contributed by atoms with Crippen molar-refractivity contribution in [2.75, 3.05) is 5.73 Å². The fourth-order valence-electron chi connectivity index (χ4n) is 2.37. The van der Waals surface area contributed by atoms with Crippen molar-refractivity contribution in [3.05, 3.63) is 27.0 Å². The molecule has 19 heavy (non-hydrogen) atoms. The van der Waals surface area contributed by atoms with Gasteiger partial charge in [0.2, 0.25) is 5.95 Å². The van der Waals surface area contributed by atoms with Gasteiger partial charge in [0, 0.05) is 11.9 Å². The fraction of sp³-hybridized carbons (Fsp3) is 0.333. The minimum Gasteiger partial charge on any atom is -0.369 e. The van der Waals surface area contributed by atoms with E-state index < -0.39 is 0 Å². The topological polar surface area (TPSA) is 61.7 Å². The van der Waals surface area contributed by atoms with Gasteiger partial charge >= 0.3 is 0 Å². The number of fused-ring (bicyclic) bond motifs is 1. The highest BCUT2D eigenvalue weighted by atomic mass is 35.5. The van der Waals surface area contributed by atoms with E-state index in [1.165, 1.54) is 0 Å². The molecule has 1 unspecified atom stereocenters. The van der Waals surface area contributed by atoms with Gasteiger partial charge in [0.05, 0.1) is 16.1 Å². The van der Waals surface area contributed by atoms with Gasteiger partial charge in [-0.1, -0.05) is 11.6 Å². The normalized spacial score (nSPS) is 13.3. The summed E-state index contributed by atoms with van der Waals surface area (Å²) in [7, 11) is 1.90. The van der Waals surface area contributed by atoms with Gasteiger partial charge in [0.25, 0.3) is 0 Å². The monoisotopic (exact) mass is 295 g/mol. The Labute approximate surface area is 119 Å². The van der Waals surface area contributed by atoms with Crippen LogP contribution < -0.4 is 5.73 Å². The van der Waals surface area contributed by atoms with Crippen LogP contribution in [0.1, 0.15) is 23.5 Å². The maximum absolute atomic E-state index is 6.06. The molecule has 0 saturated heterocycles. The molecule has 1 atom stereocenters. The van der Waals surface area contributed by atoms with Crippen LogP contribution in [0.3, 0.4) is 0 Å². The van der Waals surface area contributed by atoms with Gasteiger partial charge in [-0.3, -0.25) is 9.25 Å². The average molecular weight is 296 g/mol. The van der Waals surface area contributed by atoms with E-state index in [0.29, 0.717) is 5.95 Å². The number of anilines is 1. The predicted octanol–water partition coefficient (Wildman–Crippen LogP) is 2.98. The van der Waals surface area contributed by atoms with Crippen molar-refractivity contribution in [3.63, 3.8) is 0 Å². The Morgan fingerprint density at radius 3 is 2.79 bits per heavy atom. The van der Waals surface area contributed by atoms with E-state index in [-0.39, 0.29) is 6.04 Å². The molecule has 3 aromatic heterocycles. The van der Waals surface area contributed by atoms with Crippen LogP contribution in [-0.4, -0.2) is 19.3 Å². The molecular formula is C12H14ClN5S. The number of hydrogen-bond acceptors (Lipinski definition) is 4. The first-order valence-electron chi connectivity index (χ1n) is 5.91. The van der Waals surface area contributed by atoms with Crippen LogP contribution in [0.2, 0.25) is 4.34 Å². The zero-order chi connectivity index (χ0) is 13.7. The number of thiophene rings is 1. The SMILES string of the molecule is Cc1nn(C)c2c1nc(N)n2C(C)c1ccc(Cl)s1. The van der Waals surface area contributed by atoms with E-state index in [1.54, 1.807) is 11.3 Å². The largest absolute Gasteiger partial charge is 0.369 e. The van der Waals surface area contributed by atoms with Crippen LogP contribution in [0.4, 0.5) is 5.95 Å². The first kappa shape index (κ1) is 12.5. The highest BCUT2D eigenvalue weighted by Gasteiger charge is 2.21. The van der Waals surface area contributed by atoms with Crippen molar-refractivity contribution in [1.29, 1.82) is 0 Å². The number of nitrogens with two attached hydrogens (primary N) is 1. The Hall–Kier alpha value is -1.53. The number of aromatic nitrogens is 4. The molecule has 0 amide bonds. The highest BCUT2D eigenvalue weighted by Crippen LogP contribution is 2.33. The van der Waals surface area contributed by atoms with E-state index in [4.69, 9.17) is 17.3 Å². The maximum atomic E-state index is 6.06. The zero-order valence-corrected chi connectivity index (χ0v) is 12.5. The molecule has 7 heteroatoms. The number of nitrogen functional groups attached to an aromatic ring is 1. The van der Waals surface area contributed by atoms with Crippen LogP contribution in [0.5, 0.6) is 0 Å². The molecule has 0 radical (unpaired) electrons. The molecule has 0 fully saturated rings. The van der Waals surface area contributed by atoms with Gasteiger partial charge in [-0.05, 0) is 26.0 Å². The lowest BCUT2D eigenvalue weighted by atomic mass is 10.2. The molecule has 0 spiro atoms. The van der Waals surface area contributed by atoms with Gasteiger partial charge in [-0.25, -0.2) is 4.98 Å². The number of rotatable bonds is 2. The molecule has 100 valence electrons. The van der Waals surface area contributed by atoms with Crippen molar-refractivity contribution in [2.24, 2.45) is 7.05 Å². The average Bonchev–Trinajstić information content (AvgIpc) is 2.97. The summed E-state index contributed by atoms with van der Waals surface area (Å²) in [5.41, 5.74) is 8.74. The van der Waals surface area contributed by atoms with Gasteiger partial charge in [0.15, 0.2) is 5.65 Å². The predicted molar refractivity (Wildman–Crippen MR) is 78.8 cm³/mol. The molecule has 2 N–H and O–H groups in total. The summed E-state index contributed by atoms with van der Waals surface area (Å²) in [5, 5.41) is 4.39. The van der Waals surface area contributed by atoms with Gasteiger partial charge in [-0.2, -0.15) is 5.10 Å². The summed E-state index contributed by atoms with van der Waals surface area (Å²) < 4.78 is 4.59.